The van der Waals surface area contributed by atoms with Crippen molar-refractivity contribution in [2.75, 3.05) is 7.05 Å². The van der Waals surface area contributed by atoms with Crippen molar-refractivity contribution < 1.29 is 4.42 Å². The highest BCUT2D eigenvalue weighted by Gasteiger charge is 2.21. The van der Waals surface area contributed by atoms with Crippen molar-refractivity contribution >= 4 is 0 Å². The van der Waals surface area contributed by atoms with E-state index in [9.17, 15) is 0 Å². The molecular weight excluding hydrogens is 332 g/mol. The molecule has 0 fully saturated rings. The number of aromatic nitrogens is 1. The van der Waals surface area contributed by atoms with E-state index in [1.165, 1.54) is 11.1 Å². The van der Waals surface area contributed by atoms with Crippen LogP contribution in [0, 0.1) is 0 Å². The maximum Gasteiger partial charge on any atom is 0.209 e. The van der Waals surface area contributed by atoms with Crippen LogP contribution in [0.3, 0.4) is 0 Å². The molecule has 134 valence electrons. The molecule has 27 heavy (non-hydrogen) atoms. The summed E-state index contributed by atoms with van der Waals surface area (Å²) in [5.74, 6) is 1.52. The van der Waals surface area contributed by atoms with E-state index < -0.39 is 0 Å². The molecule has 3 aromatic carbocycles. The molecule has 0 amide bonds. The van der Waals surface area contributed by atoms with Gasteiger partial charge >= 0.3 is 0 Å². The fourth-order valence-electron chi connectivity index (χ4n) is 3.40. The van der Waals surface area contributed by atoms with Crippen LogP contribution < -0.4 is 0 Å². The Morgan fingerprint density at radius 1 is 0.778 bits per heavy atom. The summed E-state index contributed by atoms with van der Waals surface area (Å²) in [7, 11) is 2.11. The van der Waals surface area contributed by atoms with E-state index in [0.717, 1.165) is 11.3 Å². The summed E-state index contributed by atoms with van der Waals surface area (Å²) < 4.78 is 6.01. The van der Waals surface area contributed by atoms with Gasteiger partial charge in [0.25, 0.3) is 0 Å². The lowest BCUT2D eigenvalue weighted by Crippen LogP contribution is -2.25. The van der Waals surface area contributed by atoms with Gasteiger partial charge in [-0.05, 0) is 18.2 Å². The van der Waals surface area contributed by atoms with Crippen LogP contribution in [0.1, 0.15) is 23.1 Å². The second-order valence-corrected chi connectivity index (χ2v) is 6.62. The number of benzene rings is 3. The Bertz CT molecular complexity index is 925. The standard InChI is InChI=1S/C24H22N2O/c1-26(18-23-25-17-22(27-23)19-11-5-2-6-12-19)24(20-13-7-3-8-14-20)21-15-9-4-10-16-21/h2-17,24H,18H2,1H3. The molecule has 0 unspecified atom stereocenters. The van der Waals surface area contributed by atoms with Crippen LogP contribution in [0.5, 0.6) is 0 Å². The van der Waals surface area contributed by atoms with E-state index >= 15 is 0 Å². The first kappa shape index (κ1) is 17.3. The SMILES string of the molecule is CN(Cc1ncc(-c2ccccc2)o1)C(c1ccccc1)c1ccccc1. The maximum atomic E-state index is 6.01. The average molecular weight is 354 g/mol. The molecule has 3 nitrogen and oxygen atoms in total. The minimum Gasteiger partial charge on any atom is -0.439 e. The third kappa shape index (κ3) is 3.99. The second-order valence-electron chi connectivity index (χ2n) is 6.62. The fourth-order valence-corrected chi connectivity index (χ4v) is 3.40. The molecule has 0 aliphatic rings. The zero-order chi connectivity index (χ0) is 18.5. The Labute approximate surface area is 159 Å². The van der Waals surface area contributed by atoms with Gasteiger partial charge in [-0.1, -0.05) is 91.0 Å². The molecule has 0 radical (unpaired) electrons. The summed E-state index contributed by atoms with van der Waals surface area (Å²) >= 11 is 0. The molecule has 3 heteroatoms. The molecular formula is C24H22N2O. The van der Waals surface area contributed by atoms with Crippen LogP contribution in [0.4, 0.5) is 0 Å². The van der Waals surface area contributed by atoms with Crippen molar-refractivity contribution in [2.45, 2.75) is 12.6 Å². The van der Waals surface area contributed by atoms with Gasteiger partial charge in [0.2, 0.25) is 5.89 Å². The molecule has 0 atom stereocenters. The van der Waals surface area contributed by atoms with Gasteiger partial charge in [0.15, 0.2) is 5.76 Å². The molecule has 4 rings (SSSR count). The van der Waals surface area contributed by atoms with Crippen LogP contribution in [0.2, 0.25) is 0 Å². The van der Waals surface area contributed by atoms with Crippen molar-refractivity contribution in [1.29, 1.82) is 0 Å². The highest BCUT2D eigenvalue weighted by atomic mass is 16.4. The third-order valence-electron chi connectivity index (χ3n) is 4.67. The van der Waals surface area contributed by atoms with Gasteiger partial charge in [-0.2, -0.15) is 0 Å². The quantitative estimate of drug-likeness (QED) is 0.454. The monoisotopic (exact) mass is 354 g/mol. The Kier molecular flexibility index (Phi) is 5.13. The minimum atomic E-state index is 0.138. The zero-order valence-corrected chi connectivity index (χ0v) is 15.3. The predicted molar refractivity (Wildman–Crippen MR) is 108 cm³/mol. The molecule has 0 spiro atoms. The fraction of sp³-hybridized carbons (Fsp3) is 0.125. The maximum absolute atomic E-state index is 6.01. The lowest BCUT2D eigenvalue weighted by Gasteiger charge is -2.28. The Morgan fingerprint density at radius 3 is 1.85 bits per heavy atom. The minimum absolute atomic E-state index is 0.138. The zero-order valence-electron chi connectivity index (χ0n) is 15.3. The van der Waals surface area contributed by atoms with E-state index in [1.54, 1.807) is 6.20 Å². The van der Waals surface area contributed by atoms with Crippen LogP contribution >= 0.6 is 0 Å². The Hall–Kier alpha value is -3.17. The largest absolute Gasteiger partial charge is 0.439 e. The van der Waals surface area contributed by atoms with E-state index in [4.69, 9.17) is 4.42 Å². The van der Waals surface area contributed by atoms with Crippen LogP contribution in [-0.4, -0.2) is 16.9 Å². The molecule has 0 saturated heterocycles. The van der Waals surface area contributed by atoms with Crippen molar-refractivity contribution in [1.82, 2.24) is 9.88 Å². The summed E-state index contributed by atoms with van der Waals surface area (Å²) in [6.07, 6.45) is 1.80. The Balaban J connectivity index is 1.59. The molecule has 0 N–H and O–H groups in total. The number of nitrogens with zero attached hydrogens (tertiary/aromatic N) is 2. The average Bonchev–Trinajstić information content (AvgIpc) is 3.19. The molecule has 4 aromatic rings. The molecule has 0 saturated carbocycles. The van der Waals surface area contributed by atoms with E-state index in [0.29, 0.717) is 12.4 Å². The first-order valence-corrected chi connectivity index (χ1v) is 9.11. The van der Waals surface area contributed by atoms with E-state index in [1.807, 2.05) is 42.5 Å². The van der Waals surface area contributed by atoms with Gasteiger partial charge in [-0.3, -0.25) is 4.90 Å². The lowest BCUT2D eigenvalue weighted by atomic mass is 9.97. The van der Waals surface area contributed by atoms with Gasteiger partial charge in [-0.25, -0.2) is 4.98 Å². The summed E-state index contributed by atoms with van der Waals surface area (Å²) in [5.41, 5.74) is 3.55. The highest BCUT2D eigenvalue weighted by Crippen LogP contribution is 2.29. The number of hydrogen-bond acceptors (Lipinski definition) is 3. The molecule has 1 heterocycles. The third-order valence-corrected chi connectivity index (χ3v) is 4.67. The molecule has 0 aliphatic heterocycles. The van der Waals surface area contributed by atoms with Gasteiger partial charge in [-0.15, -0.1) is 0 Å². The van der Waals surface area contributed by atoms with Crippen molar-refractivity contribution in [3.8, 4) is 11.3 Å². The van der Waals surface area contributed by atoms with Crippen molar-refractivity contribution in [3.63, 3.8) is 0 Å². The first-order chi connectivity index (χ1) is 13.3. The summed E-state index contributed by atoms with van der Waals surface area (Å²) in [5, 5.41) is 0. The molecule has 1 aromatic heterocycles. The van der Waals surface area contributed by atoms with E-state index in [-0.39, 0.29) is 6.04 Å². The summed E-state index contributed by atoms with van der Waals surface area (Å²) in [4.78, 5) is 6.76. The number of oxazole rings is 1. The first-order valence-electron chi connectivity index (χ1n) is 9.11. The van der Waals surface area contributed by atoms with Crippen LogP contribution in [-0.2, 0) is 6.54 Å². The highest BCUT2D eigenvalue weighted by molar-refractivity contribution is 5.55. The van der Waals surface area contributed by atoms with Crippen molar-refractivity contribution in [2.24, 2.45) is 0 Å². The smallest absolute Gasteiger partial charge is 0.209 e. The molecule has 0 bridgehead atoms. The van der Waals surface area contributed by atoms with Gasteiger partial charge < -0.3 is 4.42 Å². The van der Waals surface area contributed by atoms with Gasteiger partial charge in [0, 0.05) is 5.56 Å². The summed E-state index contributed by atoms with van der Waals surface area (Å²) in [6, 6.07) is 31.3. The lowest BCUT2D eigenvalue weighted by molar-refractivity contribution is 0.243. The Morgan fingerprint density at radius 2 is 1.30 bits per heavy atom. The van der Waals surface area contributed by atoms with Crippen LogP contribution in [0.15, 0.2) is 102 Å². The normalized spacial score (nSPS) is 11.2. The predicted octanol–water partition coefficient (Wildman–Crippen LogP) is 5.56. The topological polar surface area (TPSA) is 29.3 Å². The second kappa shape index (κ2) is 8.02. The van der Waals surface area contributed by atoms with Gasteiger partial charge in [0.05, 0.1) is 18.8 Å². The van der Waals surface area contributed by atoms with Crippen molar-refractivity contribution in [3.05, 3.63) is 114 Å². The van der Waals surface area contributed by atoms with Gasteiger partial charge in [0.1, 0.15) is 0 Å². The van der Waals surface area contributed by atoms with Crippen LogP contribution in [0.25, 0.3) is 11.3 Å². The molecule has 0 aliphatic carbocycles. The number of hydrogen-bond donors (Lipinski definition) is 0. The van der Waals surface area contributed by atoms with E-state index in [2.05, 4.69) is 65.5 Å². The number of rotatable bonds is 6. The summed E-state index contributed by atoms with van der Waals surface area (Å²) in [6.45, 7) is 0.626.